The highest BCUT2D eigenvalue weighted by molar-refractivity contribution is 7.90. The monoisotopic (exact) mass is 261 g/mol. The first kappa shape index (κ1) is 12.8. The zero-order chi connectivity index (χ0) is 13.3. The molecule has 2 rings (SSSR count). The lowest BCUT2D eigenvalue weighted by Gasteiger charge is -2.07. The van der Waals surface area contributed by atoms with Crippen molar-refractivity contribution >= 4 is 9.84 Å². The minimum absolute atomic E-state index is 0.338. The van der Waals surface area contributed by atoms with Crippen LogP contribution in [0.1, 0.15) is 11.3 Å². The summed E-state index contributed by atoms with van der Waals surface area (Å²) in [6.07, 6.45) is 3.03. The molecule has 2 aromatic rings. The fraction of sp³-hybridized carbons (Fsp3) is 0.214. The van der Waals surface area contributed by atoms with Gasteiger partial charge in [0.15, 0.2) is 9.84 Å². The van der Waals surface area contributed by atoms with Gasteiger partial charge in [-0.2, -0.15) is 0 Å². The molecule has 1 aromatic carbocycles. The van der Waals surface area contributed by atoms with Gasteiger partial charge in [-0.25, -0.2) is 8.42 Å². The second kappa shape index (κ2) is 4.53. The fourth-order valence-corrected chi connectivity index (χ4v) is 2.44. The van der Waals surface area contributed by atoms with Crippen molar-refractivity contribution in [2.75, 3.05) is 6.26 Å². The maximum atomic E-state index is 11.4. The number of benzene rings is 1. The Labute approximate surface area is 107 Å². The van der Waals surface area contributed by atoms with E-state index in [2.05, 4.69) is 11.1 Å². The Balaban J connectivity index is 2.50. The zero-order valence-electron chi connectivity index (χ0n) is 10.6. The third-order valence-electron chi connectivity index (χ3n) is 2.82. The van der Waals surface area contributed by atoms with E-state index in [1.165, 1.54) is 6.26 Å². The van der Waals surface area contributed by atoms with Crippen LogP contribution >= 0.6 is 0 Å². The summed E-state index contributed by atoms with van der Waals surface area (Å²) in [4.78, 5) is 4.65. The number of sulfone groups is 1. The molecule has 3 nitrogen and oxygen atoms in total. The van der Waals surface area contributed by atoms with Crippen LogP contribution in [-0.2, 0) is 9.84 Å². The summed E-state index contributed by atoms with van der Waals surface area (Å²) in [6.45, 7) is 3.93. The van der Waals surface area contributed by atoms with Crippen LogP contribution in [0.3, 0.4) is 0 Å². The van der Waals surface area contributed by atoms with Crippen molar-refractivity contribution in [3.8, 4) is 11.1 Å². The van der Waals surface area contributed by atoms with Gasteiger partial charge in [-0.3, -0.25) is 4.98 Å². The van der Waals surface area contributed by atoms with Crippen LogP contribution in [0.2, 0.25) is 0 Å². The predicted molar refractivity (Wildman–Crippen MR) is 72.3 cm³/mol. The lowest BCUT2D eigenvalue weighted by Crippen LogP contribution is -1.96. The maximum absolute atomic E-state index is 11.4. The predicted octanol–water partition coefficient (Wildman–Crippen LogP) is 2.77. The van der Waals surface area contributed by atoms with Crippen molar-refractivity contribution in [2.24, 2.45) is 0 Å². The Bertz CT molecular complexity index is 673. The Morgan fingerprint density at radius 3 is 2.22 bits per heavy atom. The summed E-state index contributed by atoms with van der Waals surface area (Å²) in [5, 5.41) is 0. The summed E-state index contributed by atoms with van der Waals surface area (Å²) >= 11 is 0. The van der Waals surface area contributed by atoms with Gasteiger partial charge in [0.25, 0.3) is 0 Å². The van der Waals surface area contributed by atoms with Gasteiger partial charge in [0.05, 0.1) is 4.90 Å². The van der Waals surface area contributed by atoms with Crippen LogP contribution in [0.4, 0.5) is 0 Å². The van der Waals surface area contributed by atoms with Gasteiger partial charge >= 0.3 is 0 Å². The van der Waals surface area contributed by atoms with Crippen molar-refractivity contribution < 1.29 is 8.42 Å². The second-order valence-electron chi connectivity index (χ2n) is 4.44. The largest absolute Gasteiger partial charge is 0.261 e. The molecule has 0 N–H and O–H groups in total. The van der Waals surface area contributed by atoms with Crippen molar-refractivity contribution in [1.29, 1.82) is 0 Å². The molecule has 0 aliphatic heterocycles. The number of hydrogen-bond acceptors (Lipinski definition) is 3. The minimum Gasteiger partial charge on any atom is -0.261 e. The van der Waals surface area contributed by atoms with Crippen molar-refractivity contribution in [1.82, 2.24) is 4.98 Å². The molecule has 4 heteroatoms. The molecular formula is C14H15NO2S. The van der Waals surface area contributed by atoms with Crippen molar-refractivity contribution in [3.63, 3.8) is 0 Å². The molecular weight excluding hydrogens is 246 g/mol. The molecule has 0 unspecified atom stereocenters. The number of rotatable bonds is 2. The number of aromatic nitrogens is 1. The minimum atomic E-state index is -3.14. The average molecular weight is 261 g/mol. The van der Waals surface area contributed by atoms with E-state index in [0.29, 0.717) is 4.90 Å². The van der Waals surface area contributed by atoms with Crippen LogP contribution in [0, 0.1) is 13.8 Å². The Morgan fingerprint density at radius 2 is 1.67 bits per heavy atom. The van der Waals surface area contributed by atoms with Crippen LogP contribution in [0.5, 0.6) is 0 Å². The second-order valence-corrected chi connectivity index (χ2v) is 6.46. The smallest absolute Gasteiger partial charge is 0.175 e. The third-order valence-corrected chi connectivity index (χ3v) is 3.95. The lowest BCUT2D eigenvalue weighted by atomic mass is 10.0. The van der Waals surface area contributed by atoms with E-state index in [0.717, 1.165) is 22.4 Å². The summed E-state index contributed by atoms with van der Waals surface area (Å²) in [6, 6.07) is 8.95. The number of nitrogens with zero attached hydrogens (tertiary/aromatic N) is 1. The van der Waals surface area contributed by atoms with Gasteiger partial charge < -0.3 is 0 Å². The first-order valence-electron chi connectivity index (χ1n) is 5.61. The summed E-state index contributed by atoms with van der Waals surface area (Å²) < 4.78 is 22.8. The Kier molecular flexibility index (Phi) is 3.22. The topological polar surface area (TPSA) is 47.0 Å². The van der Waals surface area contributed by atoms with Crippen LogP contribution < -0.4 is 0 Å². The van der Waals surface area contributed by atoms with Gasteiger partial charge in [0.1, 0.15) is 0 Å². The van der Waals surface area contributed by atoms with Crippen molar-refractivity contribution in [3.05, 3.63) is 47.8 Å². The van der Waals surface area contributed by atoms with Gasteiger partial charge in [0, 0.05) is 23.7 Å². The number of hydrogen-bond donors (Lipinski definition) is 0. The van der Waals surface area contributed by atoms with Gasteiger partial charge in [0.2, 0.25) is 0 Å². The molecule has 0 saturated heterocycles. The Morgan fingerprint density at radius 1 is 1.06 bits per heavy atom. The van der Waals surface area contributed by atoms with E-state index >= 15 is 0 Å². The standard InChI is InChI=1S/C14H15NO2S/c1-10-8-14(11(2)15-9-10)12-4-6-13(7-5-12)18(3,16)17/h4-9H,1-3H3. The quantitative estimate of drug-likeness (QED) is 0.835. The molecule has 0 amide bonds. The molecule has 0 aliphatic carbocycles. The zero-order valence-corrected chi connectivity index (χ0v) is 11.5. The molecule has 0 saturated carbocycles. The summed E-state index contributed by atoms with van der Waals surface area (Å²) in [5.41, 5.74) is 4.04. The highest BCUT2D eigenvalue weighted by atomic mass is 32.2. The van der Waals surface area contributed by atoms with Gasteiger partial charge in [-0.15, -0.1) is 0 Å². The molecule has 1 heterocycles. The molecule has 0 radical (unpaired) electrons. The van der Waals surface area contributed by atoms with E-state index in [1.807, 2.05) is 32.2 Å². The fourth-order valence-electron chi connectivity index (χ4n) is 1.81. The van der Waals surface area contributed by atoms with Gasteiger partial charge in [-0.05, 0) is 43.2 Å². The van der Waals surface area contributed by atoms with Crippen LogP contribution in [-0.4, -0.2) is 19.7 Å². The molecule has 18 heavy (non-hydrogen) atoms. The average Bonchev–Trinajstić information content (AvgIpc) is 2.31. The molecule has 0 spiro atoms. The van der Waals surface area contributed by atoms with Gasteiger partial charge in [-0.1, -0.05) is 12.1 Å². The molecule has 0 fully saturated rings. The molecule has 0 atom stereocenters. The first-order valence-corrected chi connectivity index (χ1v) is 7.51. The maximum Gasteiger partial charge on any atom is 0.175 e. The molecule has 0 aliphatic rings. The Hall–Kier alpha value is -1.68. The SMILES string of the molecule is Cc1cnc(C)c(-c2ccc(S(C)(=O)=O)cc2)c1. The molecule has 1 aromatic heterocycles. The third kappa shape index (κ3) is 2.59. The van der Waals surface area contributed by atoms with E-state index in [-0.39, 0.29) is 0 Å². The number of aryl methyl sites for hydroxylation is 2. The van der Waals surface area contributed by atoms with Crippen LogP contribution in [0.25, 0.3) is 11.1 Å². The summed E-state index contributed by atoms with van der Waals surface area (Å²) in [7, 11) is -3.14. The van der Waals surface area contributed by atoms with Crippen molar-refractivity contribution in [2.45, 2.75) is 18.7 Å². The summed E-state index contributed by atoms with van der Waals surface area (Å²) in [5.74, 6) is 0. The first-order chi connectivity index (χ1) is 8.38. The highest BCUT2D eigenvalue weighted by Crippen LogP contribution is 2.24. The normalized spacial score (nSPS) is 11.5. The van der Waals surface area contributed by atoms with E-state index in [4.69, 9.17) is 0 Å². The van der Waals surface area contributed by atoms with Crippen LogP contribution in [0.15, 0.2) is 41.4 Å². The van der Waals surface area contributed by atoms with E-state index in [1.54, 1.807) is 12.1 Å². The van der Waals surface area contributed by atoms with E-state index in [9.17, 15) is 8.42 Å². The lowest BCUT2D eigenvalue weighted by molar-refractivity contribution is 0.602. The molecule has 94 valence electrons. The number of pyridine rings is 1. The highest BCUT2D eigenvalue weighted by Gasteiger charge is 2.08. The van der Waals surface area contributed by atoms with E-state index < -0.39 is 9.84 Å². The molecule has 0 bridgehead atoms.